The Morgan fingerprint density at radius 2 is 1.68 bits per heavy atom. The van der Waals surface area contributed by atoms with Gasteiger partial charge in [-0.3, -0.25) is 4.79 Å². The largest absolute Gasteiger partial charge is 0.352 e. The molecule has 1 N–H and O–H groups in total. The highest BCUT2D eigenvalue weighted by molar-refractivity contribution is 6.42. The first-order valence-electron chi connectivity index (χ1n) is 9.89. The first-order chi connectivity index (χ1) is 15.0. The summed E-state index contributed by atoms with van der Waals surface area (Å²) in [4.78, 5) is 17.2. The number of aromatic nitrogens is 2. The molecule has 0 bridgehead atoms. The van der Waals surface area contributed by atoms with Crippen LogP contribution in [0.4, 0.5) is 4.39 Å². The van der Waals surface area contributed by atoms with Crippen LogP contribution in [0.15, 0.2) is 66.7 Å². The number of fused-ring (bicyclic) bond motifs is 1. The summed E-state index contributed by atoms with van der Waals surface area (Å²) >= 11 is 12.4. The van der Waals surface area contributed by atoms with E-state index in [0.29, 0.717) is 29.6 Å². The Labute approximate surface area is 189 Å². The van der Waals surface area contributed by atoms with Crippen molar-refractivity contribution in [3.05, 3.63) is 99.5 Å². The van der Waals surface area contributed by atoms with Gasteiger partial charge < -0.3 is 9.88 Å². The molecule has 4 aromatic rings. The molecule has 0 aliphatic heterocycles. The van der Waals surface area contributed by atoms with E-state index in [0.717, 1.165) is 28.0 Å². The predicted octanol–water partition coefficient (Wildman–Crippen LogP) is 5.78. The third kappa shape index (κ3) is 5.24. The minimum atomic E-state index is -0.299. The van der Waals surface area contributed by atoms with Gasteiger partial charge in [-0.05, 0) is 35.4 Å². The topological polar surface area (TPSA) is 46.9 Å². The van der Waals surface area contributed by atoms with E-state index in [4.69, 9.17) is 28.2 Å². The van der Waals surface area contributed by atoms with Crippen LogP contribution < -0.4 is 5.32 Å². The van der Waals surface area contributed by atoms with Gasteiger partial charge in [-0.15, -0.1) is 0 Å². The van der Waals surface area contributed by atoms with Crippen LogP contribution >= 0.6 is 23.2 Å². The molecule has 4 nitrogen and oxygen atoms in total. The molecule has 4 rings (SSSR count). The fourth-order valence-corrected chi connectivity index (χ4v) is 3.75. The fourth-order valence-electron chi connectivity index (χ4n) is 3.44. The summed E-state index contributed by atoms with van der Waals surface area (Å²) in [6.45, 7) is 0.800. The summed E-state index contributed by atoms with van der Waals surface area (Å²) in [5.74, 6) is 0.439. The zero-order valence-corrected chi connectivity index (χ0v) is 18.1. The second-order valence-electron chi connectivity index (χ2n) is 7.25. The molecular weight excluding hydrogens is 436 g/mol. The van der Waals surface area contributed by atoms with E-state index in [2.05, 4.69) is 5.32 Å². The number of nitrogens with zero attached hydrogens (tertiary/aromatic N) is 2. The van der Waals surface area contributed by atoms with Crippen LogP contribution in [0.3, 0.4) is 0 Å². The molecule has 158 valence electrons. The second kappa shape index (κ2) is 9.50. The van der Waals surface area contributed by atoms with E-state index in [9.17, 15) is 9.18 Å². The smallest absolute Gasteiger partial charge is 0.222 e. The first kappa shape index (κ1) is 21.3. The van der Waals surface area contributed by atoms with E-state index in [1.54, 1.807) is 24.3 Å². The van der Waals surface area contributed by atoms with E-state index < -0.39 is 0 Å². The molecule has 0 atom stereocenters. The van der Waals surface area contributed by atoms with Crippen molar-refractivity contribution in [2.75, 3.05) is 0 Å². The monoisotopic (exact) mass is 455 g/mol. The molecule has 0 radical (unpaired) electrons. The summed E-state index contributed by atoms with van der Waals surface area (Å²) in [7, 11) is 0. The molecule has 0 unspecified atom stereocenters. The number of hydrogen-bond acceptors (Lipinski definition) is 2. The lowest BCUT2D eigenvalue weighted by Gasteiger charge is -2.11. The zero-order chi connectivity index (χ0) is 21.8. The number of carbonyl (C=O) groups excluding carboxylic acids is 1. The molecule has 0 fully saturated rings. The van der Waals surface area contributed by atoms with Gasteiger partial charge in [-0.1, -0.05) is 65.7 Å². The van der Waals surface area contributed by atoms with Crippen molar-refractivity contribution < 1.29 is 9.18 Å². The normalized spacial score (nSPS) is 11.1. The SMILES string of the molecule is O=C(CCn1c(Cc2ccccc2)nc2cc(Cl)c(Cl)cc21)NCc1ccc(F)cc1. The van der Waals surface area contributed by atoms with Gasteiger partial charge in [0, 0.05) is 25.9 Å². The van der Waals surface area contributed by atoms with Gasteiger partial charge in [0.2, 0.25) is 5.91 Å². The summed E-state index contributed by atoms with van der Waals surface area (Å²) in [5, 5.41) is 3.77. The van der Waals surface area contributed by atoms with Gasteiger partial charge in [0.05, 0.1) is 21.1 Å². The minimum absolute atomic E-state index is 0.100. The van der Waals surface area contributed by atoms with Crippen molar-refractivity contribution in [3.63, 3.8) is 0 Å². The Kier molecular flexibility index (Phi) is 6.54. The number of halogens is 3. The number of hydrogen-bond donors (Lipinski definition) is 1. The second-order valence-corrected chi connectivity index (χ2v) is 8.06. The van der Waals surface area contributed by atoms with Crippen LogP contribution in [0.5, 0.6) is 0 Å². The molecule has 3 aromatic carbocycles. The molecule has 7 heteroatoms. The first-order valence-corrected chi connectivity index (χ1v) is 10.6. The molecule has 0 aliphatic rings. The van der Waals surface area contributed by atoms with Crippen molar-refractivity contribution >= 4 is 40.1 Å². The van der Waals surface area contributed by atoms with E-state index in [-0.39, 0.29) is 18.1 Å². The highest BCUT2D eigenvalue weighted by Crippen LogP contribution is 2.29. The highest BCUT2D eigenvalue weighted by atomic mass is 35.5. The Morgan fingerprint density at radius 3 is 2.42 bits per heavy atom. The maximum atomic E-state index is 13.0. The summed E-state index contributed by atoms with van der Waals surface area (Å²) in [5.41, 5.74) is 3.55. The predicted molar refractivity (Wildman–Crippen MR) is 122 cm³/mol. The highest BCUT2D eigenvalue weighted by Gasteiger charge is 2.15. The number of benzene rings is 3. The molecule has 0 saturated heterocycles. The standard InChI is InChI=1S/C24H20Cl2FN3O/c25-19-13-21-22(14-20(19)26)30(23(29-21)12-16-4-2-1-3-5-16)11-10-24(31)28-15-17-6-8-18(27)9-7-17/h1-9,13-14H,10-12,15H2,(H,28,31). The molecule has 0 saturated carbocycles. The van der Waals surface area contributed by atoms with Crippen molar-refractivity contribution in [1.82, 2.24) is 14.9 Å². The molecule has 1 heterocycles. The number of imidazole rings is 1. The quantitative estimate of drug-likeness (QED) is 0.383. The van der Waals surface area contributed by atoms with Gasteiger partial charge in [0.1, 0.15) is 11.6 Å². The van der Waals surface area contributed by atoms with E-state index >= 15 is 0 Å². The average molecular weight is 456 g/mol. The molecule has 31 heavy (non-hydrogen) atoms. The Bertz CT molecular complexity index is 1210. The minimum Gasteiger partial charge on any atom is -0.352 e. The maximum Gasteiger partial charge on any atom is 0.222 e. The summed E-state index contributed by atoms with van der Waals surface area (Å²) < 4.78 is 15.0. The number of aryl methyl sites for hydroxylation is 1. The molecule has 1 aromatic heterocycles. The third-order valence-electron chi connectivity index (χ3n) is 5.04. The number of amides is 1. The number of rotatable bonds is 7. The number of nitrogens with one attached hydrogen (secondary N) is 1. The fraction of sp³-hybridized carbons (Fsp3) is 0.167. The van der Waals surface area contributed by atoms with Gasteiger partial charge in [0.15, 0.2) is 0 Å². The van der Waals surface area contributed by atoms with Gasteiger partial charge in [0.25, 0.3) is 0 Å². The molecule has 0 aliphatic carbocycles. The average Bonchev–Trinajstić information content (AvgIpc) is 3.08. The van der Waals surface area contributed by atoms with Crippen LogP contribution in [0.25, 0.3) is 11.0 Å². The van der Waals surface area contributed by atoms with Gasteiger partial charge >= 0.3 is 0 Å². The lowest BCUT2D eigenvalue weighted by molar-refractivity contribution is -0.121. The van der Waals surface area contributed by atoms with Crippen molar-refractivity contribution in [1.29, 1.82) is 0 Å². The summed E-state index contributed by atoms with van der Waals surface area (Å²) in [6.07, 6.45) is 0.899. The van der Waals surface area contributed by atoms with Crippen LogP contribution in [0, 0.1) is 5.82 Å². The van der Waals surface area contributed by atoms with E-state index in [1.807, 2.05) is 34.9 Å². The Hall–Kier alpha value is -2.89. The molecule has 0 spiro atoms. The van der Waals surface area contributed by atoms with Gasteiger partial charge in [-0.25, -0.2) is 9.37 Å². The Morgan fingerprint density at radius 1 is 0.968 bits per heavy atom. The summed E-state index contributed by atoms with van der Waals surface area (Å²) in [6, 6.07) is 19.6. The van der Waals surface area contributed by atoms with Crippen LogP contribution in [0.2, 0.25) is 10.0 Å². The van der Waals surface area contributed by atoms with Crippen LogP contribution in [-0.2, 0) is 24.3 Å². The molecular formula is C24H20Cl2FN3O. The van der Waals surface area contributed by atoms with Crippen molar-refractivity contribution in [2.24, 2.45) is 0 Å². The molecule has 1 amide bonds. The van der Waals surface area contributed by atoms with Crippen LogP contribution in [-0.4, -0.2) is 15.5 Å². The maximum absolute atomic E-state index is 13.0. The lowest BCUT2D eigenvalue weighted by atomic mass is 10.1. The van der Waals surface area contributed by atoms with E-state index in [1.165, 1.54) is 12.1 Å². The van der Waals surface area contributed by atoms with Crippen molar-refractivity contribution in [3.8, 4) is 0 Å². The van der Waals surface area contributed by atoms with Crippen molar-refractivity contribution in [2.45, 2.75) is 25.9 Å². The zero-order valence-electron chi connectivity index (χ0n) is 16.6. The number of carbonyl (C=O) groups is 1. The Balaban J connectivity index is 1.52. The van der Waals surface area contributed by atoms with Gasteiger partial charge in [-0.2, -0.15) is 0 Å². The third-order valence-corrected chi connectivity index (χ3v) is 5.76. The lowest BCUT2D eigenvalue weighted by Crippen LogP contribution is -2.24. The van der Waals surface area contributed by atoms with Crippen LogP contribution in [0.1, 0.15) is 23.4 Å².